The second-order valence-corrected chi connectivity index (χ2v) is 4.74. The van der Waals surface area contributed by atoms with E-state index in [1.807, 2.05) is 0 Å². The van der Waals surface area contributed by atoms with Crippen LogP contribution in [0.5, 0.6) is 0 Å². The van der Waals surface area contributed by atoms with Gasteiger partial charge in [0.25, 0.3) is 0 Å². The Morgan fingerprint density at radius 1 is 0.636 bits per heavy atom. The number of ether oxygens (including phenoxy) is 4. The average Bonchev–Trinajstić information content (AvgIpc) is 2.49. The van der Waals surface area contributed by atoms with Gasteiger partial charge < -0.3 is 29.2 Å². The van der Waals surface area contributed by atoms with E-state index in [-0.39, 0.29) is 141 Å². The minimum Gasteiger partial charge on any atom is -0.853 e. The van der Waals surface area contributed by atoms with Gasteiger partial charge in [0.05, 0.1) is 38.6 Å². The number of hydrogen-bond donors (Lipinski definition) is 0. The van der Waals surface area contributed by atoms with Gasteiger partial charge in [-0.25, -0.2) is 0 Å². The maximum Gasteiger partial charge on any atom is 1.00 e. The van der Waals surface area contributed by atoms with Crippen LogP contribution >= 0.6 is 0 Å². The Hall–Kier alpha value is 3.03. The van der Waals surface area contributed by atoms with Gasteiger partial charge >= 0.3 is 103 Å². The molecule has 0 bridgehead atoms. The molecule has 1 aliphatic rings. The summed E-state index contributed by atoms with van der Waals surface area (Å²) in [6.45, 7) is 2.03. The van der Waals surface area contributed by atoms with E-state index in [1.165, 1.54) is 0 Å². The first kappa shape index (κ1) is 27.3. The summed E-state index contributed by atoms with van der Waals surface area (Å²) in [5.41, 5.74) is 0. The first-order valence-electron chi connectivity index (χ1n) is 7.43. The standard InChI is InChI=1S/C14H26O6.2K/c15-5-7-17-9-10-18-11-12-20-14-4-2-1-3-13(14)19-8-6-16;;/h13-14H,1-12H2;;/q-2;2*+1. The van der Waals surface area contributed by atoms with Crippen LogP contribution in [0.3, 0.4) is 0 Å². The van der Waals surface area contributed by atoms with E-state index in [4.69, 9.17) is 18.9 Å². The summed E-state index contributed by atoms with van der Waals surface area (Å²) in [6.07, 6.45) is 4.36. The van der Waals surface area contributed by atoms with Gasteiger partial charge in [-0.05, 0) is 12.8 Å². The van der Waals surface area contributed by atoms with Crippen molar-refractivity contribution in [1.29, 1.82) is 0 Å². The molecule has 0 saturated heterocycles. The molecular weight excluding hydrogens is 342 g/mol. The fourth-order valence-corrected chi connectivity index (χ4v) is 2.28. The van der Waals surface area contributed by atoms with Gasteiger partial charge in [-0.3, -0.25) is 0 Å². The van der Waals surface area contributed by atoms with E-state index in [0.29, 0.717) is 26.4 Å². The molecule has 0 heterocycles. The molecular formula is C14H26K2O6. The summed E-state index contributed by atoms with van der Waals surface area (Å²) in [6, 6.07) is 0. The Kier molecular flexibility index (Phi) is 25.2. The summed E-state index contributed by atoms with van der Waals surface area (Å²) < 4.78 is 21.7. The summed E-state index contributed by atoms with van der Waals surface area (Å²) in [5, 5.41) is 20.6. The quantitative estimate of drug-likeness (QED) is 0.252. The summed E-state index contributed by atoms with van der Waals surface area (Å²) in [7, 11) is 0. The van der Waals surface area contributed by atoms with Crippen LogP contribution in [-0.4, -0.2) is 65.1 Å². The fraction of sp³-hybridized carbons (Fsp3) is 1.00. The van der Waals surface area contributed by atoms with E-state index in [0.717, 1.165) is 25.7 Å². The predicted molar refractivity (Wildman–Crippen MR) is 69.3 cm³/mol. The molecule has 0 amide bonds. The molecule has 0 aromatic heterocycles. The van der Waals surface area contributed by atoms with Crippen LogP contribution in [0.15, 0.2) is 0 Å². The SMILES string of the molecule is [K+].[K+].[O-]CCOCCOCCOC1CCCCC1OCC[O-]. The van der Waals surface area contributed by atoms with Crippen LogP contribution in [0.4, 0.5) is 0 Å². The molecule has 0 aromatic rings. The summed E-state index contributed by atoms with van der Waals surface area (Å²) >= 11 is 0. The normalized spacial score (nSPS) is 21.0. The van der Waals surface area contributed by atoms with Gasteiger partial charge in [0.2, 0.25) is 0 Å². The molecule has 2 unspecified atom stereocenters. The molecule has 0 N–H and O–H groups in total. The van der Waals surface area contributed by atoms with Gasteiger partial charge in [0, 0.05) is 13.2 Å². The molecule has 8 heteroatoms. The molecule has 1 rings (SSSR count). The van der Waals surface area contributed by atoms with Crippen LogP contribution in [0.1, 0.15) is 25.7 Å². The van der Waals surface area contributed by atoms with Crippen LogP contribution in [0, 0.1) is 0 Å². The molecule has 2 atom stereocenters. The Balaban J connectivity index is 0. The van der Waals surface area contributed by atoms with Crippen molar-refractivity contribution in [3.05, 3.63) is 0 Å². The van der Waals surface area contributed by atoms with Crippen molar-refractivity contribution in [1.82, 2.24) is 0 Å². The van der Waals surface area contributed by atoms with E-state index in [9.17, 15) is 10.2 Å². The molecule has 0 aromatic carbocycles. The van der Waals surface area contributed by atoms with E-state index in [2.05, 4.69) is 0 Å². The Labute approximate surface area is 218 Å². The Bertz CT molecular complexity index is 224. The summed E-state index contributed by atoms with van der Waals surface area (Å²) in [4.78, 5) is 0. The third-order valence-electron chi connectivity index (χ3n) is 3.22. The van der Waals surface area contributed by atoms with Crippen molar-refractivity contribution >= 4 is 0 Å². The molecule has 0 spiro atoms. The first-order chi connectivity index (χ1) is 9.88. The molecule has 22 heavy (non-hydrogen) atoms. The fourth-order valence-electron chi connectivity index (χ4n) is 2.28. The second kappa shape index (κ2) is 20.3. The zero-order valence-corrected chi connectivity index (χ0v) is 20.3. The molecule has 0 radical (unpaired) electrons. The largest absolute Gasteiger partial charge is 1.00 e. The minimum absolute atomic E-state index is 0. The van der Waals surface area contributed by atoms with Gasteiger partial charge in [0.15, 0.2) is 0 Å². The first-order valence-corrected chi connectivity index (χ1v) is 7.43. The zero-order valence-electron chi connectivity index (χ0n) is 14.1. The molecule has 120 valence electrons. The monoisotopic (exact) mass is 368 g/mol. The van der Waals surface area contributed by atoms with E-state index < -0.39 is 0 Å². The molecule has 1 fully saturated rings. The second-order valence-electron chi connectivity index (χ2n) is 4.74. The molecule has 1 aliphatic carbocycles. The van der Waals surface area contributed by atoms with Gasteiger partial charge in [-0.15, -0.1) is 13.2 Å². The topological polar surface area (TPSA) is 83.0 Å². The molecule has 6 nitrogen and oxygen atoms in total. The summed E-state index contributed by atoms with van der Waals surface area (Å²) in [5.74, 6) is 0. The van der Waals surface area contributed by atoms with E-state index >= 15 is 0 Å². The predicted octanol–water partition coefficient (Wildman–Crippen LogP) is -6.91. The van der Waals surface area contributed by atoms with Crippen molar-refractivity contribution in [3.63, 3.8) is 0 Å². The average molecular weight is 369 g/mol. The Morgan fingerprint density at radius 2 is 1.09 bits per heavy atom. The van der Waals surface area contributed by atoms with Crippen molar-refractivity contribution in [2.75, 3.05) is 52.9 Å². The zero-order chi connectivity index (χ0) is 14.5. The van der Waals surface area contributed by atoms with Gasteiger partial charge in [0.1, 0.15) is 0 Å². The third kappa shape index (κ3) is 14.2. The van der Waals surface area contributed by atoms with Crippen LogP contribution < -0.4 is 113 Å². The van der Waals surface area contributed by atoms with E-state index in [1.54, 1.807) is 0 Å². The number of rotatable bonds is 12. The van der Waals surface area contributed by atoms with Crippen LogP contribution in [-0.2, 0) is 18.9 Å². The van der Waals surface area contributed by atoms with Crippen molar-refractivity contribution in [2.24, 2.45) is 0 Å². The van der Waals surface area contributed by atoms with Crippen molar-refractivity contribution < 1.29 is 132 Å². The van der Waals surface area contributed by atoms with Gasteiger partial charge in [-0.2, -0.15) is 0 Å². The molecule has 1 saturated carbocycles. The number of hydrogen-bond acceptors (Lipinski definition) is 6. The maximum absolute atomic E-state index is 10.5. The third-order valence-corrected chi connectivity index (χ3v) is 3.22. The maximum atomic E-state index is 10.5. The van der Waals surface area contributed by atoms with Gasteiger partial charge in [-0.1, -0.05) is 12.8 Å². The van der Waals surface area contributed by atoms with Crippen LogP contribution in [0.2, 0.25) is 0 Å². The Morgan fingerprint density at radius 3 is 1.64 bits per heavy atom. The minimum atomic E-state index is -0.213. The van der Waals surface area contributed by atoms with Crippen molar-refractivity contribution in [3.8, 4) is 0 Å². The molecule has 0 aliphatic heterocycles. The van der Waals surface area contributed by atoms with Crippen molar-refractivity contribution in [2.45, 2.75) is 37.9 Å². The van der Waals surface area contributed by atoms with Crippen LogP contribution in [0.25, 0.3) is 0 Å². The smallest absolute Gasteiger partial charge is 0.853 e.